The minimum absolute atomic E-state index is 0.00139. The highest BCUT2D eigenvalue weighted by Crippen LogP contribution is 2.25. The molecular formula is C13H15N3O2. The van der Waals surface area contributed by atoms with Crippen molar-refractivity contribution in [2.75, 3.05) is 0 Å². The lowest BCUT2D eigenvalue weighted by Gasteiger charge is -2.12. The second-order valence-corrected chi connectivity index (χ2v) is 4.16. The summed E-state index contributed by atoms with van der Waals surface area (Å²) in [5.74, 6) is -1.05. The van der Waals surface area contributed by atoms with Gasteiger partial charge in [0.25, 0.3) is 0 Å². The molecule has 0 saturated carbocycles. The quantitative estimate of drug-likeness (QED) is 0.899. The first-order chi connectivity index (χ1) is 8.65. The fourth-order valence-electron chi connectivity index (χ4n) is 1.78. The number of carboxylic acids is 1. The summed E-state index contributed by atoms with van der Waals surface area (Å²) in [5.41, 5.74) is 1.39. The van der Waals surface area contributed by atoms with E-state index in [2.05, 4.69) is 10.3 Å². The van der Waals surface area contributed by atoms with Crippen LogP contribution < -0.4 is 0 Å². The van der Waals surface area contributed by atoms with Gasteiger partial charge in [-0.1, -0.05) is 42.5 Å². The Bertz CT molecular complexity index is 549. The summed E-state index contributed by atoms with van der Waals surface area (Å²) >= 11 is 0. The highest BCUT2D eigenvalue weighted by Gasteiger charge is 2.22. The van der Waals surface area contributed by atoms with Crippen LogP contribution in [0.2, 0.25) is 0 Å². The second-order valence-electron chi connectivity index (χ2n) is 4.16. The Kier molecular flexibility index (Phi) is 3.41. The fraction of sp³-hybridized carbons (Fsp3) is 0.308. The second kappa shape index (κ2) is 5.00. The molecule has 1 aromatic heterocycles. The molecule has 1 N–H and O–H groups in total. The average Bonchev–Trinajstić information content (AvgIpc) is 2.83. The molecule has 0 aliphatic heterocycles. The van der Waals surface area contributed by atoms with Crippen LogP contribution in [0.4, 0.5) is 0 Å². The molecule has 5 nitrogen and oxygen atoms in total. The van der Waals surface area contributed by atoms with Crippen LogP contribution in [0.15, 0.2) is 30.3 Å². The molecule has 1 unspecified atom stereocenters. The van der Waals surface area contributed by atoms with E-state index in [1.165, 1.54) is 0 Å². The topological polar surface area (TPSA) is 68.0 Å². The average molecular weight is 245 g/mol. The Hall–Kier alpha value is -2.17. The van der Waals surface area contributed by atoms with Crippen molar-refractivity contribution in [2.24, 2.45) is 0 Å². The molecule has 2 aromatic rings. The zero-order valence-corrected chi connectivity index (χ0v) is 10.4. The van der Waals surface area contributed by atoms with Crippen LogP contribution in [0.25, 0.3) is 11.3 Å². The number of benzene rings is 1. The predicted molar refractivity (Wildman–Crippen MR) is 67.4 cm³/mol. The van der Waals surface area contributed by atoms with Crippen molar-refractivity contribution in [1.29, 1.82) is 0 Å². The third kappa shape index (κ3) is 2.11. The highest BCUT2D eigenvalue weighted by molar-refractivity contribution is 5.92. The van der Waals surface area contributed by atoms with E-state index in [4.69, 9.17) is 0 Å². The monoisotopic (exact) mass is 245 g/mol. The highest BCUT2D eigenvalue weighted by atomic mass is 16.4. The van der Waals surface area contributed by atoms with Crippen LogP contribution in [0, 0.1) is 0 Å². The van der Waals surface area contributed by atoms with Crippen molar-refractivity contribution in [3.8, 4) is 11.3 Å². The van der Waals surface area contributed by atoms with Crippen molar-refractivity contribution >= 4 is 5.97 Å². The third-order valence-electron chi connectivity index (χ3n) is 2.95. The molecule has 0 spiro atoms. The van der Waals surface area contributed by atoms with Crippen molar-refractivity contribution < 1.29 is 9.90 Å². The van der Waals surface area contributed by atoms with E-state index in [0.29, 0.717) is 5.69 Å². The minimum Gasteiger partial charge on any atom is -0.476 e. The molecule has 0 fully saturated rings. The minimum atomic E-state index is -1.05. The van der Waals surface area contributed by atoms with Crippen molar-refractivity contribution in [2.45, 2.75) is 26.3 Å². The first-order valence-corrected chi connectivity index (χ1v) is 5.89. The molecule has 2 rings (SSSR count). The summed E-state index contributed by atoms with van der Waals surface area (Å²) in [6.45, 7) is 4.02. The number of aromatic carboxylic acids is 1. The first-order valence-electron chi connectivity index (χ1n) is 5.89. The Morgan fingerprint density at radius 2 is 2.06 bits per heavy atom. The van der Waals surface area contributed by atoms with Gasteiger partial charge in [0, 0.05) is 5.56 Å². The molecule has 0 aliphatic rings. The lowest BCUT2D eigenvalue weighted by atomic mass is 10.1. The van der Waals surface area contributed by atoms with E-state index in [1.807, 2.05) is 44.2 Å². The number of rotatable bonds is 4. The number of hydrogen-bond donors (Lipinski definition) is 1. The van der Waals surface area contributed by atoms with Crippen molar-refractivity contribution in [3.63, 3.8) is 0 Å². The van der Waals surface area contributed by atoms with Gasteiger partial charge in [-0.3, -0.25) is 0 Å². The Balaban J connectivity index is 2.61. The van der Waals surface area contributed by atoms with Gasteiger partial charge in [0.15, 0.2) is 5.69 Å². The maximum Gasteiger partial charge on any atom is 0.358 e. The summed E-state index contributed by atoms with van der Waals surface area (Å²) in [5, 5.41) is 16.9. The van der Waals surface area contributed by atoms with Gasteiger partial charge in [-0.25, -0.2) is 9.48 Å². The Morgan fingerprint density at radius 3 is 2.61 bits per heavy atom. The number of aromatic nitrogens is 3. The van der Waals surface area contributed by atoms with Gasteiger partial charge in [0.2, 0.25) is 0 Å². The molecule has 0 bridgehead atoms. The lowest BCUT2D eigenvalue weighted by Crippen LogP contribution is -2.09. The van der Waals surface area contributed by atoms with E-state index in [9.17, 15) is 9.90 Å². The number of hydrogen-bond acceptors (Lipinski definition) is 3. The van der Waals surface area contributed by atoms with Crippen LogP contribution >= 0.6 is 0 Å². The summed E-state index contributed by atoms with van der Waals surface area (Å²) in [6, 6.07) is 9.47. The van der Waals surface area contributed by atoms with E-state index < -0.39 is 5.97 Å². The molecular weight excluding hydrogens is 230 g/mol. The molecule has 1 heterocycles. The van der Waals surface area contributed by atoms with Crippen LogP contribution in [-0.2, 0) is 0 Å². The molecule has 0 amide bonds. The SMILES string of the molecule is CCC(C)n1nnc(C(=O)O)c1-c1ccccc1. The van der Waals surface area contributed by atoms with E-state index in [0.717, 1.165) is 12.0 Å². The van der Waals surface area contributed by atoms with Gasteiger partial charge in [-0.15, -0.1) is 5.10 Å². The zero-order chi connectivity index (χ0) is 13.1. The number of carboxylic acid groups (broad SMARTS) is 1. The molecule has 18 heavy (non-hydrogen) atoms. The molecule has 0 aliphatic carbocycles. The van der Waals surface area contributed by atoms with Gasteiger partial charge in [0.05, 0.1) is 6.04 Å². The van der Waals surface area contributed by atoms with E-state index in [1.54, 1.807) is 4.68 Å². The Labute approximate surface area is 105 Å². The van der Waals surface area contributed by atoms with Gasteiger partial charge in [-0.05, 0) is 13.3 Å². The van der Waals surface area contributed by atoms with Gasteiger partial charge in [0.1, 0.15) is 5.69 Å². The third-order valence-corrected chi connectivity index (χ3v) is 2.95. The summed E-state index contributed by atoms with van der Waals surface area (Å²) in [6.07, 6.45) is 0.863. The summed E-state index contributed by atoms with van der Waals surface area (Å²) in [7, 11) is 0. The van der Waals surface area contributed by atoms with Crippen LogP contribution in [0.1, 0.15) is 36.8 Å². The normalized spacial score (nSPS) is 12.3. The van der Waals surface area contributed by atoms with Crippen LogP contribution in [0.3, 0.4) is 0 Å². The van der Waals surface area contributed by atoms with Crippen LogP contribution in [0.5, 0.6) is 0 Å². The maximum atomic E-state index is 11.2. The molecule has 0 saturated heterocycles. The molecule has 1 atom stereocenters. The molecule has 94 valence electrons. The number of nitrogens with zero attached hydrogens (tertiary/aromatic N) is 3. The smallest absolute Gasteiger partial charge is 0.358 e. The fourth-order valence-corrected chi connectivity index (χ4v) is 1.78. The Morgan fingerprint density at radius 1 is 1.39 bits per heavy atom. The van der Waals surface area contributed by atoms with Crippen LogP contribution in [-0.4, -0.2) is 26.1 Å². The van der Waals surface area contributed by atoms with Gasteiger partial charge in [-0.2, -0.15) is 0 Å². The van der Waals surface area contributed by atoms with Crippen molar-refractivity contribution in [3.05, 3.63) is 36.0 Å². The summed E-state index contributed by atoms with van der Waals surface area (Å²) in [4.78, 5) is 11.2. The van der Waals surface area contributed by atoms with Gasteiger partial charge < -0.3 is 5.11 Å². The first kappa shape index (κ1) is 12.3. The maximum absolute atomic E-state index is 11.2. The molecule has 1 aromatic carbocycles. The molecule has 5 heteroatoms. The summed E-state index contributed by atoms with van der Waals surface area (Å²) < 4.78 is 1.68. The standard InChI is InChI=1S/C13H15N3O2/c1-3-9(2)16-12(10-7-5-4-6-8-10)11(13(17)18)14-15-16/h4-9H,3H2,1-2H3,(H,17,18). The van der Waals surface area contributed by atoms with E-state index >= 15 is 0 Å². The van der Waals surface area contributed by atoms with Crippen molar-refractivity contribution in [1.82, 2.24) is 15.0 Å². The predicted octanol–water partition coefficient (Wildman–Crippen LogP) is 2.61. The van der Waals surface area contributed by atoms with Gasteiger partial charge >= 0.3 is 5.97 Å². The van der Waals surface area contributed by atoms with E-state index in [-0.39, 0.29) is 11.7 Å². The number of carbonyl (C=O) groups is 1. The molecule has 0 radical (unpaired) electrons. The lowest BCUT2D eigenvalue weighted by molar-refractivity contribution is 0.0691. The zero-order valence-electron chi connectivity index (χ0n) is 10.4. The largest absolute Gasteiger partial charge is 0.476 e.